The summed E-state index contributed by atoms with van der Waals surface area (Å²) in [4.78, 5) is 64.6. The number of hydrogen-bond acceptors (Lipinski definition) is 12. The largest absolute Gasteiger partial charge is 0.573 e. The number of hydrazone groups is 1. The molecule has 1 fully saturated rings. The minimum Gasteiger partial charge on any atom is -0.467 e. The molecule has 3 amide bonds. The highest BCUT2D eigenvalue weighted by Gasteiger charge is 2.56. The van der Waals surface area contributed by atoms with Crippen molar-refractivity contribution < 1.29 is 65.6 Å². The molecule has 2 aliphatic carbocycles. The molecular formula is C45H47ClF3N3O11. The monoisotopic (exact) mass is 897 g/mol. The van der Waals surface area contributed by atoms with Crippen molar-refractivity contribution in [2.75, 3.05) is 25.9 Å². The minimum absolute atomic E-state index is 0.0534. The van der Waals surface area contributed by atoms with E-state index < -0.39 is 48.1 Å². The Balaban J connectivity index is 0.000000219. The average Bonchev–Trinajstić information content (AvgIpc) is 3.87. The van der Waals surface area contributed by atoms with Gasteiger partial charge in [0.05, 0.1) is 26.3 Å². The predicted octanol–water partition coefficient (Wildman–Crippen LogP) is 9.27. The number of benzene rings is 3. The second-order valence-electron chi connectivity index (χ2n) is 16.8. The molecule has 0 radical (unpaired) electrons. The van der Waals surface area contributed by atoms with Gasteiger partial charge in [0.25, 0.3) is 0 Å². The van der Waals surface area contributed by atoms with Crippen molar-refractivity contribution >= 4 is 58.6 Å². The highest BCUT2D eigenvalue weighted by Crippen LogP contribution is 2.49. The summed E-state index contributed by atoms with van der Waals surface area (Å²) >= 11 is 6.07. The second kappa shape index (κ2) is 17.7. The molecule has 1 saturated carbocycles. The molecule has 18 heteroatoms. The third kappa shape index (κ3) is 9.69. The lowest BCUT2D eigenvalue weighted by Gasteiger charge is -2.35. The number of methoxy groups -OCH3 is 2. The van der Waals surface area contributed by atoms with Crippen LogP contribution in [0.4, 0.5) is 28.4 Å². The molecule has 63 heavy (non-hydrogen) atoms. The number of urea groups is 1. The van der Waals surface area contributed by atoms with Gasteiger partial charge in [-0.2, -0.15) is 15.0 Å². The summed E-state index contributed by atoms with van der Waals surface area (Å²) in [6.45, 7) is 11.5. The summed E-state index contributed by atoms with van der Waals surface area (Å²) in [5.74, 6) is -1.54. The van der Waals surface area contributed by atoms with Crippen molar-refractivity contribution in [2.45, 2.75) is 97.6 Å². The van der Waals surface area contributed by atoms with E-state index in [0.717, 1.165) is 71.5 Å². The SMILES string of the molecule is COC(=O)N(C(=O)N1CO[C@@]2(C(=O)OC)Cc3cc(Cl)ccc3C2=N1)c1ccc(OC(F)(F)F)cc1.Cc1cc(C)c(C2=C(OC(=O)CC(C)(C)C)C3(CCCC3)OC2=O)c(C)c1. The number of alkyl halides is 3. The molecule has 0 unspecified atom stereocenters. The highest BCUT2D eigenvalue weighted by molar-refractivity contribution is 6.31. The Morgan fingerprint density at radius 1 is 0.921 bits per heavy atom. The fraction of sp³-hybridized carbons (Fsp3) is 0.422. The van der Waals surface area contributed by atoms with Crippen LogP contribution in [-0.4, -0.2) is 79.3 Å². The lowest BCUT2D eigenvalue weighted by Crippen LogP contribution is -2.56. The fourth-order valence-corrected chi connectivity index (χ4v) is 8.45. The maximum Gasteiger partial charge on any atom is 0.573 e. The molecule has 7 rings (SSSR count). The first-order valence-electron chi connectivity index (χ1n) is 19.9. The highest BCUT2D eigenvalue weighted by atomic mass is 35.5. The van der Waals surface area contributed by atoms with Crippen molar-refractivity contribution in [1.82, 2.24) is 5.01 Å². The predicted molar refractivity (Wildman–Crippen MR) is 223 cm³/mol. The van der Waals surface area contributed by atoms with Crippen LogP contribution in [0.2, 0.25) is 5.02 Å². The topological polar surface area (TPSA) is 160 Å². The molecule has 14 nitrogen and oxygen atoms in total. The van der Waals surface area contributed by atoms with Crippen LogP contribution in [0.15, 0.2) is 65.5 Å². The van der Waals surface area contributed by atoms with Crippen LogP contribution >= 0.6 is 11.6 Å². The summed E-state index contributed by atoms with van der Waals surface area (Å²) in [5.41, 5.74) is 2.88. The van der Waals surface area contributed by atoms with E-state index in [4.69, 9.17) is 30.5 Å². The maximum atomic E-state index is 13.3. The van der Waals surface area contributed by atoms with Crippen LogP contribution in [-0.2, 0) is 44.5 Å². The van der Waals surface area contributed by atoms with Crippen molar-refractivity contribution in [3.05, 3.63) is 98.8 Å². The molecule has 0 bridgehead atoms. The molecule has 336 valence electrons. The Hall–Kier alpha value is -5.94. The Morgan fingerprint density at radius 2 is 1.56 bits per heavy atom. The molecule has 1 atom stereocenters. The number of rotatable bonds is 6. The number of imide groups is 1. The zero-order valence-corrected chi connectivity index (χ0v) is 36.7. The van der Waals surface area contributed by atoms with Crippen LogP contribution in [0, 0.1) is 26.2 Å². The van der Waals surface area contributed by atoms with Crippen LogP contribution in [0.25, 0.3) is 5.57 Å². The van der Waals surface area contributed by atoms with Gasteiger partial charge in [0.2, 0.25) is 5.60 Å². The van der Waals surface area contributed by atoms with Gasteiger partial charge in [-0.3, -0.25) is 4.79 Å². The van der Waals surface area contributed by atoms with Crippen LogP contribution in [0.1, 0.15) is 86.3 Å². The van der Waals surface area contributed by atoms with Gasteiger partial charge < -0.3 is 28.4 Å². The van der Waals surface area contributed by atoms with Gasteiger partial charge in [-0.05, 0) is 111 Å². The maximum absolute atomic E-state index is 13.3. The van der Waals surface area contributed by atoms with E-state index in [1.54, 1.807) is 18.2 Å². The van der Waals surface area contributed by atoms with E-state index >= 15 is 0 Å². The average molecular weight is 898 g/mol. The first-order valence-corrected chi connectivity index (χ1v) is 20.3. The number of ether oxygens (including phenoxy) is 6. The van der Waals surface area contributed by atoms with Gasteiger partial charge >= 0.3 is 36.4 Å². The number of fused-ring (bicyclic) bond motifs is 3. The molecule has 3 aromatic carbocycles. The van der Waals surface area contributed by atoms with E-state index in [-0.39, 0.29) is 35.2 Å². The summed E-state index contributed by atoms with van der Waals surface area (Å²) < 4.78 is 68.4. The van der Waals surface area contributed by atoms with Gasteiger partial charge in [0, 0.05) is 17.0 Å². The van der Waals surface area contributed by atoms with Gasteiger partial charge in [-0.25, -0.2) is 19.2 Å². The molecule has 0 aromatic heterocycles. The molecule has 4 aliphatic rings. The molecule has 2 aliphatic heterocycles. The fourth-order valence-electron chi connectivity index (χ4n) is 8.26. The normalized spacial score (nSPS) is 18.7. The van der Waals surface area contributed by atoms with Gasteiger partial charge in [-0.1, -0.05) is 56.1 Å². The Kier molecular flexibility index (Phi) is 13.1. The first kappa shape index (κ1) is 46.6. The third-order valence-electron chi connectivity index (χ3n) is 10.8. The third-order valence-corrected chi connectivity index (χ3v) is 11.0. The number of hydrogen-bond donors (Lipinski definition) is 0. The van der Waals surface area contributed by atoms with E-state index in [9.17, 15) is 37.1 Å². The van der Waals surface area contributed by atoms with Gasteiger partial charge in [0.1, 0.15) is 23.8 Å². The number of amides is 3. The molecule has 0 saturated heterocycles. The summed E-state index contributed by atoms with van der Waals surface area (Å²) in [7, 11) is 2.19. The molecule has 3 aromatic rings. The van der Waals surface area contributed by atoms with Crippen LogP contribution < -0.4 is 9.64 Å². The molecule has 1 spiro atoms. The van der Waals surface area contributed by atoms with Crippen molar-refractivity contribution in [3.63, 3.8) is 0 Å². The lowest BCUT2D eigenvalue weighted by molar-refractivity contribution is -0.274. The molecular weight excluding hydrogens is 851 g/mol. The number of aryl methyl sites for hydroxylation is 3. The number of nitrogens with zero attached hydrogens (tertiary/aromatic N) is 3. The Morgan fingerprint density at radius 3 is 2.13 bits per heavy atom. The van der Waals surface area contributed by atoms with Crippen molar-refractivity contribution in [2.24, 2.45) is 10.5 Å². The zero-order valence-electron chi connectivity index (χ0n) is 36.0. The Labute approximate surface area is 366 Å². The lowest BCUT2D eigenvalue weighted by atomic mass is 9.89. The zero-order chi connectivity index (χ0) is 46.2. The van der Waals surface area contributed by atoms with E-state index in [1.165, 1.54) is 7.11 Å². The van der Waals surface area contributed by atoms with E-state index in [0.29, 0.717) is 51.6 Å². The van der Waals surface area contributed by atoms with Crippen molar-refractivity contribution in [3.8, 4) is 5.75 Å². The number of anilines is 1. The number of esters is 3. The van der Waals surface area contributed by atoms with Crippen LogP contribution in [0.5, 0.6) is 5.75 Å². The summed E-state index contributed by atoms with van der Waals surface area (Å²) in [6, 6.07) is 11.8. The molecule has 0 N–H and O–H groups in total. The molecule has 2 heterocycles. The van der Waals surface area contributed by atoms with E-state index in [2.05, 4.69) is 26.7 Å². The quantitative estimate of drug-likeness (QED) is 0.171. The van der Waals surface area contributed by atoms with Crippen molar-refractivity contribution in [1.29, 1.82) is 0 Å². The van der Waals surface area contributed by atoms with Gasteiger partial charge in [0.15, 0.2) is 11.4 Å². The standard InChI is InChI=1S/C23H30O4.C22H17ClF3N3O7/c1-14-11-15(2)18(16(3)12-14)19-20(26-17(24)13-22(4,5)6)23(27-21(19)25)9-7-8-10-23;1-33-18(30)21-10-12-9-13(23)3-8-16(12)17(21)27-28(11-35-21)19(31)29(20(32)34-2)14-4-6-15(7-5-14)36-22(24,25)26/h11-12H,7-10,13H2,1-6H3;3-9H,10-11H2,1-2H3/t;21-/m.0/s1. The Bertz CT molecular complexity index is 2380. The first-order chi connectivity index (χ1) is 29.5. The second-order valence-corrected chi connectivity index (χ2v) is 17.3. The number of carbonyl (C=O) groups excluding carboxylic acids is 5. The number of halogens is 4. The van der Waals surface area contributed by atoms with Crippen LogP contribution in [0.3, 0.4) is 0 Å². The smallest absolute Gasteiger partial charge is 0.467 e. The van der Waals surface area contributed by atoms with Gasteiger partial charge in [-0.15, -0.1) is 13.2 Å². The minimum atomic E-state index is -4.92. The van der Waals surface area contributed by atoms with E-state index in [1.807, 2.05) is 41.5 Å². The number of carbonyl (C=O) groups is 5. The summed E-state index contributed by atoms with van der Waals surface area (Å²) in [5, 5.41) is 5.48. The summed E-state index contributed by atoms with van der Waals surface area (Å²) in [6.07, 6.45) is -2.37.